The van der Waals surface area contributed by atoms with Crippen molar-refractivity contribution in [2.45, 2.75) is 13.3 Å². The van der Waals surface area contributed by atoms with Crippen LogP contribution >= 0.6 is 0 Å². The first-order valence-corrected chi connectivity index (χ1v) is 9.65. The van der Waals surface area contributed by atoms with Gasteiger partial charge in [-0.1, -0.05) is 31.2 Å². The minimum Gasteiger partial charge on any atom is -0.484 e. The number of aryl methyl sites for hydroxylation is 1. The Labute approximate surface area is 179 Å². The van der Waals surface area contributed by atoms with Gasteiger partial charge in [0.2, 0.25) is 0 Å². The van der Waals surface area contributed by atoms with E-state index in [0.29, 0.717) is 11.3 Å². The zero-order valence-electron chi connectivity index (χ0n) is 16.9. The summed E-state index contributed by atoms with van der Waals surface area (Å²) in [7, 11) is 0. The topological polar surface area (TPSA) is 77.0 Å². The zero-order chi connectivity index (χ0) is 22.1. The van der Waals surface area contributed by atoms with Crippen molar-refractivity contribution in [2.75, 3.05) is 6.61 Å². The van der Waals surface area contributed by atoms with Crippen molar-refractivity contribution in [3.63, 3.8) is 0 Å². The second kappa shape index (κ2) is 10.7. The fourth-order valence-electron chi connectivity index (χ4n) is 2.59. The normalized spacial score (nSPS) is 10.6. The van der Waals surface area contributed by atoms with Crippen LogP contribution in [0.3, 0.4) is 0 Å². The van der Waals surface area contributed by atoms with Gasteiger partial charge >= 0.3 is 5.97 Å². The predicted octanol–water partition coefficient (Wildman–Crippen LogP) is 4.14. The maximum atomic E-state index is 13.6. The Bertz CT molecular complexity index is 1060. The molecule has 0 aliphatic carbocycles. The molecule has 0 saturated heterocycles. The Balaban J connectivity index is 1.46. The standard InChI is InChI=1S/C24H21FN2O4/c1-2-17-7-11-19(12-8-17)30-16-23(28)27-26-15-18-9-13-20(14-10-18)31-24(29)21-5-3-4-6-22(21)25/h3-15H,2,16H2,1H3,(H,27,28)/b26-15-. The first-order chi connectivity index (χ1) is 15.0. The molecule has 3 aromatic carbocycles. The lowest BCUT2D eigenvalue weighted by Crippen LogP contribution is -2.24. The molecule has 0 radical (unpaired) electrons. The second-order valence-electron chi connectivity index (χ2n) is 6.52. The molecule has 158 valence electrons. The number of hydrazone groups is 1. The second-order valence-corrected chi connectivity index (χ2v) is 6.52. The maximum absolute atomic E-state index is 13.6. The molecule has 0 heterocycles. The van der Waals surface area contributed by atoms with Gasteiger partial charge in [-0.3, -0.25) is 4.79 Å². The number of halogens is 1. The number of rotatable bonds is 8. The third kappa shape index (κ3) is 6.50. The number of nitrogens with one attached hydrogen (secondary N) is 1. The van der Waals surface area contributed by atoms with Gasteiger partial charge in [-0.25, -0.2) is 14.6 Å². The number of hydrogen-bond donors (Lipinski definition) is 1. The van der Waals surface area contributed by atoms with Crippen LogP contribution in [0.2, 0.25) is 0 Å². The SMILES string of the molecule is CCc1ccc(OCC(=O)N/N=C\c2ccc(OC(=O)c3ccccc3F)cc2)cc1. The van der Waals surface area contributed by atoms with Gasteiger partial charge in [0.15, 0.2) is 6.61 Å². The van der Waals surface area contributed by atoms with E-state index in [4.69, 9.17) is 9.47 Å². The molecule has 1 amide bonds. The van der Waals surface area contributed by atoms with Gasteiger partial charge in [0.1, 0.15) is 17.3 Å². The lowest BCUT2D eigenvalue weighted by Gasteiger charge is -2.06. The van der Waals surface area contributed by atoms with E-state index in [1.54, 1.807) is 30.3 Å². The Morgan fingerprint density at radius 3 is 2.32 bits per heavy atom. The van der Waals surface area contributed by atoms with E-state index in [2.05, 4.69) is 17.5 Å². The number of amides is 1. The first kappa shape index (κ1) is 21.7. The maximum Gasteiger partial charge on any atom is 0.346 e. The van der Waals surface area contributed by atoms with Crippen LogP contribution in [-0.2, 0) is 11.2 Å². The summed E-state index contributed by atoms with van der Waals surface area (Å²) in [4.78, 5) is 23.8. The van der Waals surface area contributed by atoms with Crippen molar-refractivity contribution in [1.82, 2.24) is 5.43 Å². The molecule has 0 fully saturated rings. The molecule has 0 aromatic heterocycles. The van der Waals surface area contributed by atoms with Gasteiger partial charge in [0.25, 0.3) is 5.91 Å². The minimum atomic E-state index is -0.781. The molecular weight excluding hydrogens is 399 g/mol. The number of benzene rings is 3. The molecule has 0 aliphatic heterocycles. The third-order valence-electron chi connectivity index (χ3n) is 4.29. The van der Waals surface area contributed by atoms with Gasteiger partial charge in [-0.05, 0) is 66.1 Å². The molecule has 0 bridgehead atoms. The van der Waals surface area contributed by atoms with E-state index < -0.39 is 17.7 Å². The van der Waals surface area contributed by atoms with Crippen LogP contribution < -0.4 is 14.9 Å². The fraction of sp³-hybridized carbons (Fsp3) is 0.125. The van der Waals surface area contributed by atoms with Gasteiger partial charge in [0, 0.05) is 0 Å². The average Bonchev–Trinajstić information content (AvgIpc) is 2.79. The van der Waals surface area contributed by atoms with Crippen LogP contribution in [0.1, 0.15) is 28.4 Å². The van der Waals surface area contributed by atoms with E-state index in [1.165, 1.54) is 30.0 Å². The van der Waals surface area contributed by atoms with E-state index >= 15 is 0 Å². The summed E-state index contributed by atoms with van der Waals surface area (Å²) >= 11 is 0. The number of carbonyl (C=O) groups is 2. The summed E-state index contributed by atoms with van der Waals surface area (Å²) in [5.41, 5.74) is 4.10. The lowest BCUT2D eigenvalue weighted by molar-refractivity contribution is -0.123. The molecule has 31 heavy (non-hydrogen) atoms. The summed E-state index contributed by atoms with van der Waals surface area (Å²) in [6.45, 7) is 1.90. The van der Waals surface area contributed by atoms with Gasteiger partial charge in [-0.15, -0.1) is 0 Å². The van der Waals surface area contributed by atoms with Crippen molar-refractivity contribution in [3.05, 3.63) is 95.3 Å². The molecule has 3 rings (SSSR count). The van der Waals surface area contributed by atoms with Gasteiger partial charge in [-0.2, -0.15) is 5.10 Å². The minimum absolute atomic E-state index is 0.139. The predicted molar refractivity (Wildman–Crippen MR) is 115 cm³/mol. The quantitative estimate of drug-likeness (QED) is 0.257. The Morgan fingerprint density at radius 1 is 0.968 bits per heavy atom. The highest BCUT2D eigenvalue weighted by molar-refractivity contribution is 5.91. The largest absolute Gasteiger partial charge is 0.484 e. The van der Waals surface area contributed by atoms with Crippen LogP contribution in [0.5, 0.6) is 11.5 Å². The molecule has 3 aromatic rings. The monoisotopic (exact) mass is 420 g/mol. The molecule has 1 N–H and O–H groups in total. The molecule has 7 heteroatoms. The Kier molecular flexibility index (Phi) is 7.48. The van der Waals surface area contributed by atoms with Crippen molar-refractivity contribution < 1.29 is 23.5 Å². The summed E-state index contributed by atoms with van der Waals surface area (Å²) in [6.07, 6.45) is 2.38. The number of hydrogen-bond acceptors (Lipinski definition) is 5. The van der Waals surface area contributed by atoms with Crippen molar-refractivity contribution in [3.8, 4) is 11.5 Å². The van der Waals surface area contributed by atoms with Crippen LogP contribution in [0.25, 0.3) is 0 Å². The van der Waals surface area contributed by atoms with Crippen LogP contribution in [0.15, 0.2) is 77.9 Å². The van der Waals surface area contributed by atoms with E-state index in [-0.39, 0.29) is 17.9 Å². The lowest BCUT2D eigenvalue weighted by atomic mass is 10.2. The molecule has 0 unspecified atom stereocenters. The molecule has 0 spiro atoms. The summed E-state index contributed by atoms with van der Waals surface area (Å²) < 4.78 is 24.2. The van der Waals surface area contributed by atoms with Crippen molar-refractivity contribution in [1.29, 1.82) is 0 Å². The summed E-state index contributed by atoms with van der Waals surface area (Å²) in [5, 5.41) is 3.87. The molecule has 0 saturated carbocycles. The van der Waals surface area contributed by atoms with E-state index in [1.807, 2.05) is 24.3 Å². The Hall–Kier alpha value is -4.00. The smallest absolute Gasteiger partial charge is 0.346 e. The van der Waals surface area contributed by atoms with Crippen LogP contribution in [0, 0.1) is 5.82 Å². The number of carbonyl (C=O) groups excluding carboxylic acids is 2. The van der Waals surface area contributed by atoms with Crippen LogP contribution in [0.4, 0.5) is 4.39 Å². The first-order valence-electron chi connectivity index (χ1n) is 9.65. The van der Waals surface area contributed by atoms with Gasteiger partial charge in [0.05, 0.1) is 11.8 Å². The Morgan fingerprint density at radius 2 is 1.65 bits per heavy atom. The van der Waals surface area contributed by atoms with E-state index in [0.717, 1.165) is 6.42 Å². The zero-order valence-corrected chi connectivity index (χ0v) is 16.9. The third-order valence-corrected chi connectivity index (χ3v) is 4.29. The molecule has 0 aliphatic rings. The number of esters is 1. The highest BCUT2D eigenvalue weighted by Gasteiger charge is 2.13. The molecule has 0 atom stereocenters. The number of ether oxygens (including phenoxy) is 2. The van der Waals surface area contributed by atoms with E-state index in [9.17, 15) is 14.0 Å². The van der Waals surface area contributed by atoms with Gasteiger partial charge < -0.3 is 9.47 Å². The summed E-state index contributed by atoms with van der Waals surface area (Å²) in [5.74, 6) is -0.954. The molecule has 6 nitrogen and oxygen atoms in total. The summed E-state index contributed by atoms with van der Waals surface area (Å²) in [6, 6.07) is 19.5. The average molecular weight is 420 g/mol. The van der Waals surface area contributed by atoms with Crippen molar-refractivity contribution in [2.24, 2.45) is 5.10 Å². The highest BCUT2D eigenvalue weighted by atomic mass is 19.1. The highest BCUT2D eigenvalue weighted by Crippen LogP contribution is 2.15. The number of nitrogens with zero attached hydrogens (tertiary/aromatic N) is 1. The fourth-order valence-corrected chi connectivity index (χ4v) is 2.59. The molecular formula is C24H21FN2O4. The van der Waals surface area contributed by atoms with Crippen LogP contribution in [-0.4, -0.2) is 24.7 Å². The van der Waals surface area contributed by atoms with Crippen molar-refractivity contribution >= 4 is 18.1 Å².